The van der Waals surface area contributed by atoms with Gasteiger partial charge in [-0.2, -0.15) is 0 Å². The van der Waals surface area contributed by atoms with Gasteiger partial charge in [0.1, 0.15) is 11.6 Å². The number of nitrogens with two attached hydrogens (primary N) is 1. The summed E-state index contributed by atoms with van der Waals surface area (Å²) in [5, 5.41) is 3.04. The summed E-state index contributed by atoms with van der Waals surface area (Å²) in [7, 11) is 0. The Hall–Kier alpha value is -2.40. The fourth-order valence-electron chi connectivity index (χ4n) is 2.23. The molecule has 0 saturated heterocycles. The van der Waals surface area contributed by atoms with Crippen molar-refractivity contribution in [2.75, 3.05) is 6.61 Å². The van der Waals surface area contributed by atoms with E-state index in [9.17, 15) is 9.18 Å². The zero-order valence-electron chi connectivity index (χ0n) is 13.8. The second-order valence-corrected chi connectivity index (χ2v) is 5.69. The number of carbonyl (C=O) groups is 1. The molecule has 0 bridgehead atoms. The van der Waals surface area contributed by atoms with Crippen molar-refractivity contribution in [3.63, 3.8) is 0 Å². The molecule has 128 valence electrons. The van der Waals surface area contributed by atoms with Crippen molar-refractivity contribution in [2.45, 2.75) is 32.4 Å². The number of rotatable bonds is 9. The van der Waals surface area contributed by atoms with Crippen LogP contribution in [0.15, 0.2) is 48.5 Å². The fraction of sp³-hybridized carbons (Fsp3) is 0.316. The van der Waals surface area contributed by atoms with Crippen LogP contribution in [0.2, 0.25) is 0 Å². The van der Waals surface area contributed by atoms with E-state index >= 15 is 0 Å². The molecular weight excluding hydrogens is 307 g/mol. The van der Waals surface area contributed by atoms with Gasteiger partial charge in [0.2, 0.25) is 5.91 Å². The molecule has 4 nitrogen and oxygen atoms in total. The summed E-state index contributed by atoms with van der Waals surface area (Å²) in [6.45, 7) is 2.83. The maximum atomic E-state index is 13.5. The van der Waals surface area contributed by atoms with Crippen LogP contribution in [0.4, 0.5) is 4.39 Å². The highest BCUT2D eigenvalue weighted by molar-refractivity contribution is 5.79. The third-order valence-electron chi connectivity index (χ3n) is 3.78. The van der Waals surface area contributed by atoms with E-state index in [0.29, 0.717) is 25.1 Å². The summed E-state index contributed by atoms with van der Waals surface area (Å²) in [4.78, 5) is 11.0. The van der Waals surface area contributed by atoms with Gasteiger partial charge in [-0.15, -0.1) is 0 Å². The maximum absolute atomic E-state index is 13.5. The molecular formula is C19H23FN2O2. The molecule has 0 heterocycles. The number of hydrogen-bond acceptors (Lipinski definition) is 3. The number of nitrogens with one attached hydrogen (secondary N) is 1. The molecule has 24 heavy (non-hydrogen) atoms. The molecule has 0 aliphatic carbocycles. The summed E-state index contributed by atoms with van der Waals surface area (Å²) in [6.07, 6.45) is 1.40. The van der Waals surface area contributed by atoms with Crippen molar-refractivity contribution in [3.8, 4) is 5.75 Å². The monoisotopic (exact) mass is 330 g/mol. The molecule has 5 heteroatoms. The lowest BCUT2D eigenvalue weighted by atomic mass is 10.1. The lowest BCUT2D eigenvalue weighted by Crippen LogP contribution is -2.38. The van der Waals surface area contributed by atoms with Crippen molar-refractivity contribution in [2.24, 2.45) is 5.73 Å². The molecule has 1 amide bonds. The molecule has 0 aromatic heterocycles. The highest BCUT2D eigenvalue weighted by atomic mass is 19.1. The van der Waals surface area contributed by atoms with Crippen LogP contribution in [0.3, 0.4) is 0 Å². The Morgan fingerprint density at radius 3 is 2.58 bits per heavy atom. The van der Waals surface area contributed by atoms with Crippen LogP contribution in [0, 0.1) is 5.82 Å². The molecule has 2 rings (SSSR count). The highest BCUT2D eigenvalue weighted by Gasteiger charge is 2.07. The van der Waals surface area contributed by atoms with Gasteiger partial charge in [0.05, 0.1) is 12.6 Å². The van der Waals surface area contributed by atoms with Gasteiger partial charge in [-0.05, 0) is 49.1 Å². The molecule has 3 N–H and O–H groups in total. The Balaban J connectivity index is 1.72. The Morgan fingerprint density at radius 1 is 1.21 bits per heavy atom. The van der Waals surface area contributed by atoms with E-state index in [0.717, 1.165) is 17.7 Å². The average molecular weight is 330 g/mol. The number of ether oxygens (including phenoxy) is 1. The summed E-state index contributed by atoms with van der Waals surface area (Å²) >= 11 is 0. The van der Waals surface area contributed by atoms with Crippen LogP contribution in [-0.2, 0) is 17.8 Å². The molecule has 0 aliphatic rings. The van der Waals surface area contributed by atoms with Gasteiger partial charge in [-0.1, -0.05) is 30.3 Å². The minimum atomic E-state index is -0.371. The van der Waals surface area contributed by atoms with E-state index in [1.165, 1.54) is 6.07 Å². The van der Waals surface area contributed by atoms with E-state index < -0.39 is 0 Å². The Labute approximate surface area is 141 Å². The molecule has 0 fully saturated rings. The number of carbonyl (C=O) groups excluding carboxylic acids is 1. The molecule has 1 atom stereocenters. The molecule has 0 saturated carbocycles. The lowest BCUT2D eigenvalue weighted by molar-refractivity contribution is -0.119. The molecule has 0 unspecified atom stereocenters. The van der Waals surface area contributed by atoms with Crippen LogP contribution < -0.4 is 15.8 Å². The summed E-state index contributed by atoms with van der Waals surface area (Å²) in [5.74, 6) is 0.236. The minimum Gasteiger partial charge on any atom is -0.494 e. The second kappa shape index (κ2) is 9.03. The first-order valence-corrected chi connectivity index (χ1v) is 8.04. The van der Waals surface area contributed by atoms with Crippen molar-refractivity contribution >= 4 is 5.91 Å². The second-order valence-electron chi connectivity index (χ2n) is 5.69. The molecule has 0 spiro atoms. The van der Waals surface area contributed by atoms with Crippen LogP contribution in [0.25, 0.3) is 0 Å². The summed E-state index contributed by atoms with van der Waals surface area (Å²) < 4.78 is 19.2. The number of benzene rings is 2. The quantitative estimate of drug-likeness (QED) is 0.695. The first-order chi connectivity index (χ1) is 11.6. The van der Waals surface area contributed by atoms with E-state index in [4.69, 9.17) is 10.5 Å². The largest absolute Gasteiger partial charge is 0.494 e. The van der Waals surface area contributed by atoms with Crippen LogP contribution in [-0.4, -0.2) is 18.6 Å². The van der Waals surface area contributed by atoms with Crippen molar-refractivity contribution in [3.05, 3.63) is 65.5 Å². The topological polar surface area (TPSA) is 64.3 Å². The predicted octanol–water partition coefficient (Wildman–Crippen LogP) is 2.80. The van der Waals surface area contributed by atoms with Gasteiger partial charge in [-0.3, -0.25) is 4.79 Å². The predicted molar refractivity (Wildman–Crippen MR) is 92.2 cm³/mol. The molecule has 2 aromatic carbocycles. The molecule has 0 aliphatic heterocycles. The van der Waals surface area contributed by atoms with Crippen molar-refractivity contribution in [1.82, 2.24) is 5.32 Å². The number of primary amides is 1. The third kappa shape index (κ3) is 5.66. The number of aryl methyl sites for hydroxylation is 1. The van der Waals surface area contributed by atoms with E-state index in [-0.39, 0.29) is 17.8 Å². The number of amides is 1. The number of hydrogen-bond donors (Lipinski definition) is 2. The minimum absolute atomic E-state index is 0.167. The first-order valence-electron chi connectivity index (χ1n) is 8.04. The SMILES string of the molecule is C[C@H](NCc1ccc(OCCCc2ccccc2F)cc1)C(N)=O. The van der Waals surface area contributed by atoms with Gasteiger partial charge in [0.25, 0.3) is 0 Å². The van der Waals surface area contributed by atoms with Crippen LogP contribution in [0.5, 0.6) is 5.75 Å². The van der Waals surface area contributed by atoms with Crippen molar-refractivity contribution < 1.29 is 13.9 Å². The van der Waals surface area contributed by atoms with Crippen LogP contribution >= 0.6 is 0 Å². The normalized spacial score (nSPS) is 11.9. The molecule has 0 radical (unpaired) electrons. The summed E-state index contributed by atoms with van der Waals surface area (Å²) in [6, 6.07) is 14.1. The molecule has 2 aromatic rings. The first kappa shape index (κ1) is 17.9. The average Bonchev–Trinajstić information content (AvgIpc) is 2.59. The maximum Gasteiger partial charge on any atom is 0.234 e. The lowest BCUT2D eigenvalue weighted by Gasteiger charge is -2.11. The van der Waals surface area contributed by atoms with Gasteiger partial charge in [0, 0.05) is 6.54 Å². The fourth-order valence-corrected chi connectivity index (χ4v) is 2.23. The number of halogens is 1. The Bertz CT molecular complexity index is 659. The third-order valence-corrected chi connectivity index (χ3v) is 3.78. The van der Waals surface area contributed by atoms with E-state index in [1.54, 1.807) is 19.1 Å². The Kier molecular flexibility index (Phi) is 6.75. The van der Waals surface area contributed by atoms with Gasteiger partial charge in [0.15, 0.2) is 0 Å². The van der Waals surface area contributed by atoms with Crippen LogP contribution in [0.1, 0.15) is 24.5 Å². The standard InChI is InChI=1S/C19H23FN2O2/c1-14(19(21)23)22-13-15-8-10-17(11-9-15)24-12-4-6-16-5-2-3-7-18(16)20/h2-3,5,7-11,14,22H,4,6,12-13H2,1H3,(H2,21,23)/t14-/m0/s1. The van der Waals surface area contributed by atoms with Gasteiger partial charge < -0.3 is 15.8 Å². The summed E-state index contributed by atoms with van der Waals surface area (Å²) in [5.41, 5.74) is 6.96. The Morgan fingerprint density at radius 2 is 1.92 bits per heavy atom. The van der Waals surface area contributed by atoms with E-state index in [1.807, 2.05) is 30.3 Å². The smallest absolute Gasteiger partial charge is 0.234 e. The van der Waals surface area contributed by atoms with Gasteiger partial charge in [-0.25, -0.2) is 4.39 Å². The van der Waals surface area contributed by atoms with E-state index in [2.05, 4.69) is 5.32 Å². The zero-order valence-corrected chi connectivity index (χ0v) is 13.8. The zero-order chi connectivity index (χ0) is 17.4. The van der Waals surface area contributed by atoms with Crippen molar-refractivity contribution in [1.29, 1.82) is 0 Å². The van der Waals surface area contributed by atoms with Gasteiger partial charge >= 0.3 is 0 Å². The highest BCUT2D eigenvalue weighted by Crippen LogP contribution is 2.14.